The fourth-order valence-corrected chi connectivity index (χ4v) is 4.35. The third-order valence-electron chi connectivity index (χ3n) is 5.69. The van der Waals surface area contributed by atoms with Gasteiger partial charge in [-0.3, -0.25) is 0 Å². The van der Waals surface area contributed by atoms with E-state index in [1.54, 1.807) is 18.3 Å². The van der Waals surface area contributed by atoms with Crippen LogP contribution in [0.25, 0.3) is 10.9 Å². The van der Waals surface area contributed by atoms with E-state index in [1.807, 2.05) is 6.07 Å². The van der Waals surface area contributed by atoms with E-state index in [-0.39, 0.29) is 5.02 Å². The Kier molecular flexibility index (Phi) is 4.49. The van der Waals surface area contributed by atoms with Crippen LogP contribution >= 0.6 is 11.6 Å². The number of halogens is 2. The molecule has 8 heteroatoms. The van der Waals surface area contributed by atoms with Gasteiger partial charge in [-0.2, -0.15) is 0 Å². The molecule has 3 aliphatic heterocycles. The van der Waals surface area contributed by atoms with Crippen molar-refractivity contribution in [3.63, 3.8) is 0 Å². The zero-order valence-electron chi connectivity index (χ0n) is 15.2. The molecule has 1 unspecified atom stereocenters. The molecule has 0 aliphatic carbocycles. The Morgan fingerprint density at radius 1 is 1.11 bits per heavy atom. The summed E-state index contributed by atoms with van der Waals surface area (Å²) in [5.41, 5.74) is 1.40. The number of hydrogen-bond acceptors (Lipinski definition) is 6. The van der Waals surface area contributed by atoms with E-state index in [4.69, 9.17) is 11.6 Å². The minimum Gasteiger partial charge on any atom is -0.366 e. The molecule has 28 heavy (non-hydrogen) atoms. The largest absolute Gasteiger partial charge is 0.366 e. The maximum Gasteiger partial charge on any atom is 0.141 e. The smallest absolute Gasteiger partial charge is 0.141 e. The minimum atomic E-state index is -0.451. The van der Waals surface area contributed by atoms with Crippen molar-refractivity contribution in [2.75, 3.05) is 30.3 Å². The molecule has 0 spiro atoms. The average molecular weight is 399 g/mol. The number of nitrogens with zero attached hydrogens (tertiary/aromatic N) is 4. The van der Waals surface area contributed by atoms with Crippen LogP contribution in [-0.2, 0) is 0 Å². The first-order valence-electron chi connectivity index (χ1n) is 9.47. The van der Waals surface area contributed by atoms with Crippen LogP contribution in [0.1, 0.15) is 12.8 Å². The second-order valence-corrected chi connectivity index (χ2v) is 7.86. The number of nitrogens with one attached hydrogen (secondary N) is 2. The number of benzene rings is 1. The lowest BCUT2D eigenvalue weighted by atomic mass is 9.84. The summed E-state index contributed by atoms with van der Waals surface area (Å²) in [6.45, 7) is 3.47. The fraction of sp³-hybridized carbons (Fsp3) is 0.350. The Bertz CT molecular complexity index is 1020. The monoisotopic (exact) mass is 398 g/mol. The molecule has 6 rings (SSSR count). The van der Waals surface area contributed by atoms with Crippen molar-refractivity contribution in [1.82, 2.24) is 19.9 Å². The lowest BCUT2D eigenvalue weighted by Gasteiger charge is -2.45. The van der Waals surface area contributed by atoms with E-state index in [0.717, 1.165) is 23.3 Å². The van der Waals surface area contributed by atoms with Crippen LogP contribution < -0.4 is 10.6 Å². The molecule has 3 aliphatic rings. The number of piperidine rings is 3. The summed E-state index contributed by atoms with van der Waals surface area (Å²) in [6.07, 6.45) is 5.72. The van der Waals surface area contributed by atoms with E-state index in [2.05, 4.69) is 30.5 Å². The Morgan fingerprint density at radius 3 is 2.71 bits per heavy atom. The van der Waals surface area contributed by atoms with Gasteiger partial charge in [0.15, 0.2) is 0 Å². The molecule has 3 aromatic rings. The van der Waals surface area contributed by atoms with Gasteiger partial charge >= 0.3 is 0 Å². The third-order valence-corrected chi connectivity index (χ3v) is 5.98. The van der Waals surface area contributed by atoms with E-state index >= 15 is 0 Å². The molecule has 3 fully saturated rings. The molecule has 1 atom stereocenters. The van der Waals surface area contributed by atoms with Crippen LogP contribution in [0.4, 0.5) is 21.7 Å². The van der Waals surface area contributed by atoms with Gasteiger partial charge in [0.25, 0.3) is 0 Å². The average Bonchev–Trinajstić information content (AvgIpc) is 2.72. The Morgan fingerprint density at radius 2 is 1.96 bits per heavy atom. The Hall–Kier alpha value is -2.51. The van der Waals surface area contributed by atoms with Gasteiger partial charge in [-0.1, -0.05) is 11.6 Å². The van der Waals surface area contributed by atoms with Crippen LogP contribution in [-0.4, -0.2) is 45.5 Å². The number of rotatable bonds is 4. The van der Waals surface area contributed by atoms with Crippen molar-refractivity contribution >= 4 is 39.8 Å². The van der Waals surface area contributed by atoms with Gasteiger partial charge in [0.1, 0.15) is 23.8 Å². The first-order valence-corrected chi connectivity index (χ1v) is 9.85. The predicted molar refractivity (Wildman–Crippen MR) is 109 cm³/mol. The van der Waals surface area contributed by atoms with Gasteiger partial charge in [0, 0.05) is 23.7 Å². The van der Waals surface area contributed by atoms with Gasteiger partial charge in [0.05, 0.1) is 16.7 Å². The molecule has 0 radical (unpaired) electrons. The summed E-state index contributed by atoms with van der Waals surface area (Å²) in [5.74, 6) is 1.70. The Labute approximate surface area is 167 Å². The molecule has 2 N–H and O–H groups in total. The molecule has 0 amide bonds. The molecule has 5 heterocycles. The zero-order chi connectivity index (χ0) is 19.1. The highest BCUT2D eigenvalue weighted by Crippen LogP contribution is 2.31. The second kappa shape index (κ2) is 7.14. The first-order chi connectivity index (χ1) is 13.7. The van der Waals surface area contributed by atoms with Crippen LogP contribution in [0.2, 0.25) is 5.02 Å². The summed E-state index contributed by atoms with van der Waals surface area (Å²) >= 11 is 5.89. The minimum absolute atomic E-state index is 0.0646. The highest BCUT2D eigenvalue weighted by atomic mass is 35.5. The molecule has 3 saturated heterocycles. The van der Waals surface area contributed by atoms with Crippen molar-refractivity contribution in [3.05, 3.63) is 47.6 Å². The zero-order valence-corrected chi connectivity index (χ0v) is 16.0. The quantitative estimate of drug-likeness (QED) is 0.690. The van der Waals surface area contributed by atoms with E-state index in [0.29, 0.717) is 23.5 Å². The molecule has 2 bridgehead atoms. The normalized spacial score (nSPS) is 23.7. The predicted octanol–water partition coefficient (Wildman–Crippen LogP) is 4.07. The van der Waals surface area contributed by atoms with Crippen molar-refractivity contribution in [3.8, 4) is 0 Å². The summed E-state index contributed by atoms with van der Waals surface area (Å²) in [4.78, 5) is 15.7. The van der Waals surface area contributed by atoms with Crippen molar-refractivity contribution < 1.29 is 4.39 Å². The maximum atomic E-state index is 13.4. The van der Waals surface area contributed by atoms with E-state index in [1.165, 1.54) is 38.3 Å². The lowest BCUT2D eigenvalue weighted by molar-refractivity contribution is 0.0974. The SMILES string of the molecule is Fc1ccc(Nc2ncnc3cnc(NC4CN5CCC4CC5)cc23)cc1Cl. The summed E-state index contributed by atoms with van der Waals surface area (Å²) in [5, 5.41) is 7.73. The van der Waals surface area contributed by atoms with E-state index in [9.17, 15) is 4.39 Å². The van der Waals surface area contributed by atoms with Gasteiger partial charge in [-0.25, -0.2) is 19.3 Å². The highest BCUT2D eigenvalue weighted by Gasteiger charge is 2.34. The van der Waals surface area contributed by atoms with Gasteiger partial charge in [0.2, 0.25) is 0 Å². The summed E-state index contributed by atoms with van der Waals surface area (Å²) in [7, 11) is 0. The van der Waals surface area contributed by atoms with Crippen molar-refractivity contribution in [2.45, 2.75) is 18.9 Å². The topological polar surface area (TPSA) is 66.0 Å². The van der Waals surface area contributed by atoms with E-state index < -0.39 is 5.82 Å². The van der Waals surface area contributed by atoms with Gasteiger partial charge < -0.3 is 15.5 Å². The lowest BCUT2D eigenvalue weighted by Crippen LogP contribution is -2.53. The standard InChI is InChI=1S/C20H20ClFN6/c21-15-7-13(1-2-16(15)22)26-20-14-8-19(23-9-17(14)24-11-25-20)27-18-10-28-5-3-12(18)4-6-28/h1-2,7-9,11-12,18H,3-6,10H2,(H,23,27)(H,24,25,26). The summed E-state index contributed by atoms with van der Waals surface area (Å²) < 4.78 is 13.4. The van der Waals surface area contributed by atoms with Crippen LogP contribution in [0, 0.1) is 11.7 Å². The maximum absolute atomic E-state index is 13.4. The van der Waals surface area contributed by atoms with Crippen molar-refractivity contribution in [1.29, 1.82) is 0 Å². The molecule has 1 aromatic carbocycles. The fourth-order valence-electron chi connectivity index (χ4n) is 4.17. The first kappa shape index (κ1) is 17.6. The third kappa shape index (κ3) is 3.36. The molecule has 2 aromatic heterocycles. The number of fused-ring (bicyclic) bond motifs is 4. The molecule has 0 saturated carbocycles. The molecular formula is C20H20ClFN6. The Balaban J connectivity index is 1.43. The van der Waals surface area contributed by atoms with Crippen LogP contribution in [0.3, 0.4) is 0 Å². The van der Waals surface area contributed by atoms with Gasteiger partial charge in [-0.05, 0) is 56.1 Å². The van der Waals surface area contributed by atoms with Gasteiger partial charge in [-0.15, -0.1) is 0 Å². The number of hydrogen-bond donors (Lipinski definition) is 2. The molecule has 6 nitrogen and oxygen atoms in total. The number of anilines is 3. The van der Waals surface area contributed by atoms with Crippen molar-refractivity contribution in [2.24, 2.45) is 5.92 Å². The van der Waals surface area contributed by atoms with Crippen LogP contribution in [0.5, 0.6) is 0 Å². The second-order valence-electron chi connectivity index (χ2n) is 7.45. The molecule has 144 valence electrons. The summed E-state index contributed by atoms with van der Waals surface area (Å²) in [6, 6.07) is 6.89. The van der Waals surface area contributed by atoms with Crippen LogP contribution in [0.15, 0.2) is 36.8 Å². The highest BCUT2D eigenvalue weighted by molar-refractivity contribution is 6.31. The number of pyridine rings is 1. The molecular weight excluding hydrogens is 379 g/mol. The number of aromatic nitrogens is 3.